The van der Waals surface area contributed by atoms with E-state index in [2.05, 4.69) is 0 Å². The number of ether oxygens (including phenoxy) is 1. The molecule has 0 fully saturated rings. The molecule has 0 radical (unpaired) electrons. The number of hydrogen-bond acceptors (Lipinski definition) is 4. The first kappa shape index (κ1) is 13.4. The number of aromatic hydroxyl groups is 2. The molecule has 0 amide bonds. The lowest BCUT2D eigenvalue weighted by Gasteiger charge is -2.26. The van der Waals surface area contributed by atoms with Gasteiger partial charge in [0, 0.05) is 0 Å². The summed E-state index contributed by atoms with van der Waals surface area (Å²) in [5.41, 5.74) is 0.880. The number of fused-ring (bicyclic) bond motifs is 1. The van der Waals surface area contributed by atoms with Crippen LogP contribution >= 0.6 is 23.4 Å². The highest BCUT2D eigenvalue weighted by atomic mass is 35.5. The Balaban J connectivity index is 1.96. The Labute approximate surface area is 124 Å². The molecule has 0 aliphatic carbocycles. The highest BCUT2D eigenvalue weighted by molar-refractivity contribution is 7.99. The van der Waals surface area contributed by atoms with Crippen molar-refractivity contribution in [1.82, 2.24) is 0 Å². The summed E-state index contributed by atoms with van der Waals surface area (Å²) in [7, 11) is 0. The molecule has 2 aromatic rings. The fraction of sp³-hybridized carbons (Fsp3) is 0.143. The Kier molecular flexibility index (Phi) is 3.40. The first-order valence-electron chi connectivity index (χ1n) is 5.85. The SMILES string of the molecule is Oc1cccc([C@@H]2COc3c(cc(F)c(O)c3Cl)S2)c1. The van der Waals surface area contributed by atoms with Crippen molar-refractivity contribution >= 4 is 23.4 Å². The summed E-state index contributed by atoms with van der Waals surface area (Å²) in [6.07, 6.45) is 0. The van der Waals surface area contributed by atoms with Gasteiger partial charge in [-0.2, -0.15) is 0 Å². The summed E-state index contributed by atoms with van der Waals surface area (Å²) in [5, 5.41) is 18.8. The van der Waals surface area contributed by atoms with Crippen LogP contribution < -0.4 is 4.74 Å². The average Bonchev–Trinajstić information content (AvgIpc) is 2.44. The first-order chi connectivity index (χ1) is 9.56. The predicted octanol–water partition coefficient (Wildman–Crippen LogP) is 4.12. The van der Waals surface area contributed by atoms with Crippen molar-refractivity contribution in [3.05, 3.63) is 46.7 Å². The van der Waals surface area contributed by atoms with Crippen LogP contribution in [0.15, 0.2) is 35.2 Å². The fourth-order valence-electron chi connectivity index (χ4n) is 2.03. The highest BCUT2D eigenvalue weighted by Gasteiger charge is 2.27. The zero-order valence-electron chi connectivity index (χ0n) is 10.1. The summed E-state index contributed by atoms with van der Waals surface area (Å²) < 4.78 is 19.1. The van der Waals surface area contributed by atoms with Gasteiger partial charge in [0.05, 0.1) is 10.1 Å². The summed E-state index contributed by atoms with van der Waals surface area (Å²) in [4.78, 5) is 0.532. The Morgan fingerprint density at radius 3 is 2.85 bits per heavy atom. The molecule has 2 N–H and O–H groups in total. The topological polar surface area (TPSA) is 49.7 Å². The van der Waals surface area contributed by atoms with Gasteiger partial charge in [-0.25, -0.2) is 4.39 Å². The molecule has 3 rings (SSSR count). The number of thioether (sulfide) groups is 1. The minimum atomic E-state index is -0.776. The van der Waals surface area contributed by atoms with E-state index in [0.29, 0.717) is 17.3 Å². The van der Waals surface area contributed by atoms with E-state index in [1.807, 2.05) is 6.07 Å². The molecule has 0 bridgehead atoms. The Morgan fingerprint density at radius 2 is 2.10 bits per heavy atom. The maximum absolute atomic E-state index is 13.5. The number of halogens is 2. The number of rotatable bonds is 1. The molecule has 1 atom stereocenters. The molecule has 0 saturated carbocycles. The number of benzene rings is 2. The Morgan fingerprint density at radius 1 is 1.30 bits per heavy atom. The molecule has 2 aromatic carbocycles. The Bertz CT molecular complexity index is 678. The van der Waals surface area contributed by atoms with Crippen molar-refractivity contribution in [2.75, 3.05) is 6.61 Å². The van der Waals surface area contributed by atoms with Crippen LogP contribution in [0.4, 0.5) is 4.39 Å². The monoisotopic (exact) mass is 312 g/mol. The smallest absolute Gasteiger partial charge is 0.174 e. The Hall–Kier alpha value is -1.59. The number of phenolic OH excluding ortho intramolecular Hbond substituents is 2. The van der Waals surface area contributed by atoms with Gasteiger partial charge >= 0.3 is 0 Å². The quantitative estimate of drug-likeness (QED) is 0.832. The predicted molar refractivity (Wildman–Crippen MR) is 75.3 cm³/mol. The lowest BCUT2D eigenvalue weighted by Crippen LogP contribution is -2.13. The molecule has 20 heavy (non-hydrogen) atoms. The molecular weight excluding hydrogens is 303 g/mol. The standard InChI is InChI=1S/C14H10ClFO3S/c15-12-13(18)9(16)5-10-14(12)19-6-11(20-10)7-2-1-3-8(17)4-7/h1-5,11,17-18H,6H2/t11-/m0/s1. The second-order valence-corrected chi connectivity index (χ2v) is 5.98. The second kappa shape index (κ2) is 5.07. The molecule has 0 spiro atoms. The minimum absolute atomic E-state index is 0.0744. The summed E-state index contributed by atoms with van der Waals surface area (Å²) >= 11 is 7.25. The maximum atomic E-state index is 13.5. The number of phenols is 2. The van der Waals surface area contributed by atoms with Crippen molar-refractivity contribution in [1.29, 1.82) is 0 Å². The van der Waals surface area contributed by atoms with E-state index in [-0.39, 0.29) is 16.0 Å². The van der Waals surface area contributed by atoms with Gasteiger partial charge in [0.2, 0.25) is 0 Å². The van der Waals surface area contributed by atoms with E-state index in [1.165, 1.54) is 17.8 Å². The normalized spacial score (nSPS) is 17.4. The largest absolute Gasteiger partial charge is 0.508 e. The van der Waals surface area contributed by atoms with Gasteiger partial charge in [0.25, 0.3) is 0 Å². The van der Waals surface area contributed by atoms with E-state index in [4.69, 9.17) is 16.3 Å². The van der Waals surface area contributed by atoms with Crippen LogP contribution in [0, 0.1) is 5.82 Å². The van der Waals surface area contributed by atoms with E-state index in [0.717, 1.165) is 5.56 Å². The van der Waals surface area contributed by atoms with Gasteiger partial charge in [0.1, 0.15) is 17.4 Å². The van der Waals surface area contributed by atoms with Gasteiger partial charge in [-0.05, 0) is 23.8 Å². The van der Waals surface area contributed by atoms with Crippen molar-refractivity contribution in [3.63, 3.8) is 0 Å². The van der Waals surface area contributed by atoms with Crippen LogP contribution in [-0.2, 0) is 0 Å². The summed E-state index contributed by atoms with van der Waals surface area (Å²) in [6.45, 7) is 0.325. The molecule has 0 unspecified atom stereocenters. The van der Waals surface area contributed by atoms with Gasteiger partial charge in [-0.15, -0.1) is 11.8 Å². The van der Waals surface area contributed by atoms with Crippen molar-refractivity contribution < 1.29 is 19.3 Å². The van der Waals surface area contributed by atoms with Gasteiger partial charge < -0.3 is 14.9 Å². The van der Waals surface area contributed by atoms with Crippen molar-refractivity contribution in [3.8, 4) is 17.2 Å². The van der Waals surface area contributed by atoms with E-state index in [9.17, 15) is 14.6 Å². The molecule has 1 aliphatic heterocycles. The van der Waals surface area contributed by atoms with E-state index >= 15 is 0 Å². The minimum Gasteiger partial charge on any atom is -0.508 e. The molecule has 104 valence electrons. The molecule has 3 nitrogen and oxygen atoms in total. The third kappa shape index (κ3) is 2.27. The zero-order valence-corrected chi connectivity index (χ0v) is 11.7. The van der Waals surface area contributed by atoms with Crippen molar-refractivity contribution in [2.45, 2.75) is 10.1 Å². The third-order valence-corrected chi connectivity index (χ3v) is 4.61. The van der Waals surface area contributed by atoms with E-state index in [1.54, 1.807) is 18.2 Å². The molecule has 1 aliphatic rings. The molecule has 0 aromatic heterocycles. The van der Waals surface area contributed by atoms with Crippen LogP contribution in [0.5, 0.6) is 17.2 Å². The van der Waals surface area contributed by atoms with Crippen LogP contribution in [-0.4, -0.2) is 16.8 Å². The molecule has 1 heterocycles. The summed E-state index contributed by atoms with van der Waals surface area (Å²) in [6, 6.07) is 8.04. The average molecular weight is 313 g/mol. The zero-order chi connectivity index (χ0) is 14.3. The summed E-state index contributed by atoms with van der Waals surface area (Å²) in [5.74, 6) is -0.904. The van der Waals surface area contributed by atoms with Gasteiger partial charge in [-0.3, -0.25) is 0 Å². The van der Waals surface area contributed by atoms with Crippen LogP contribution in [0.1, 0.15) is 10.8 Å². The van der Waals surface area contributed by atoms with Crippen LogP contribution in [0.2, 0.25) is 5.02 Å². The van der Waals surface area contributed by atoms with Gasteiger partial charge in [0.15, 0.2) is 17.3 Å². The molecule has 6 heteroatoms. The number of hydrogen-bond donors (Lipinski definition) is 2. The van der Waals surface area contributed by atoms with Gasteiger partial charge in [-0.1, -0.05) is 23.7 Å². The lowest BCUT2D eigenvalue weighted by molar-refractivity contribution is 0.300. The first-order valence-corrected chi connectivity index (χ1v) is 7.11. The fourth-order valence-corrected chi connectivity index (χ4v) is 3.49. The molecular formula is C14H10ClFO3S. The van der Waals surface area contributed by atoms with Crippen LogP contribution in [0.3, 0.4) is 0 Å². The third-order valence-electron chi connectivity index (χ3n) is 3.01. The second-order valence-electron chi connectivity index (χ2n) is 4.36. The maximum Gasteiger partial charge on any atom is 0.174 e. The van der Waals surface area contributed by atoms with Crippen molar-refractivity contribution in [2.24, 2.45) is 0 Å². The highest BCUT2D eigenvalue weighted by Crippen LogP contribution is 2.50. The lowest BCUT2D eigenvalue weighted by atomic mass is 10.1. The van der Waals surface area contributed by atoms with Crippen LogP contribution in [0.25, 0.3) is 0 Å². The molecule has 0 saturated heterocycles. The van der Waals surface area contributed by atoms with E-state index < -0.39 is 11.6 Å².